The highest BCUT2D eigenvalue weighted by Gasteiger charge is 2.22. The Kier molecular flexibility index (Phi) is 4.42. The number of nitrogens with zero attached hydrogens (tertiary/aromatic N) is 3. The molecule has 3 N–H and O–H groups in total. The molecule has 2 rings (SSSR count). The number of nitrogen functional groups attached to an aromatic ring is 1. The van der Waals surface area contributed by atoms with E-state index in [-0.39, 0.29) is 5.91 Å². The third-order valence-electron chi connectivity index (χ3n) is 3.70. The third-order valence-corrected chi connectivity index (χ3v) is 3.70. The summed E-state index contributed by atoms with van der Waals surface area (Å²) in [7, 11) is 0. The zero-order valence-electron chi connectivity index (χ0n) is 11.7. The number of amides is 1. The highest BCUT2D eigenvalue weighted by atomic mass is 16.2. The minimum atomic E-state index is -0.167. The van der Waals surface area contributed by atoms with Gasteiger partial charge in [-0.05, 0) is 32.4 Å². The van der Waals surface area contributed by atoms with Crippen LogP contribution in [0.5, 0.6) is 0 Å². The standard InChI is InChI=1S/C13H23N5O/c1-3-17-6-5-10(8-17)7-15-13(19)12-11(14)9-18(4-2)16-12/h9-10H,3-8,14H2,1-2H3,(H,15,19). The van der Waals surface area contributed by atoms with Crippen LogP contribution in [0.2, 0.25) is 0 Å². The van der Waals surface area contributed by atoms with E-state index in [1.807, 2.05) is 6.92 Å². The molecule has 6 nitrogen and oxygen atoms in total. The van der Waals surface area contributed by atoms with Crippen molar-refractivity contribution in [3.63, 3.8) is 0 Å². The lowest BCUT2D eigenvalue weighted by Crippen LogP contribution is -2.31. The Morgan fingerprint density at radius 1 is 1.53 bits per heavy atom. The lowest BCUT2D eigenvalue weighted by Gasteiger charge is -2.13. The topological polar surface area (TPSA) is 76.2 Å². The van der Waals surface area contributed by atoms with Crippen LogP contribution < -0.4 is 11.1 Å². The fourth-order valence-corrected chi connectivity index (χ4v) is 2.46. The van der Waals surface area contributed by atoms with Crippen molar-refractivity contribution in [1.29, 1.82) is 0 Å². The molecule has 0 saturated carbocycles. The number of carbonyl (C=O) groups excluding carboxylic acids is 1. The molecule has 1 atom stereocenters. The number of nitrogens with one attached hydrogen (secondary N) is 1. The van der Waals surface area contributed by atoms with Gasteiger partial charge in [0.25, 0.3) is 5.91 Å². The van der Waals surface area contributed by atoms with E-state index in [1.165, 1.54) is 0 Å². The largest absolute Gasteiger partial charge is 0.396 e. The molecule has 1 unspecified atom stereocenters. The molecule has 1 amide bonds. The fourth-order valence-electron chi connectivity index (χ4n) is 2.46. The normalized spacial score (nSPS) is 19.8. The molecule has 0 radical (unpaired) electrons. The first kappa shape index (κ1) is 13.9. The number of nitrogens with two attached hydrogens (primary N) is 1. The van der Waals surface area contributed by atoms with Gasteiger partial charge >= 0.3 is 0 Å². The lowest BCUT2D eigenvalue weighted by molar-refractivity contribution is 0.0942. The summed E-state index contributed by atoms with van der Waals surface area (Å²) in [6.45, 7) is 8.82. The average Bonchev–Trinajstić information content (AvgIpc) is 3.02. The van der Waals surface area contributed by atoms with Crippen LogP contribution in [0.3, 0.4) is 0 Å². The Morgan fingerprint density at radius 3 is 2.89 bits per heavy atom. The molecule has 0 aliphatic carbocycles. The van der Waals surface area contributed by atoms with Gasteiger partial charge in [-0.3, -0.25) is 9.48 Å². The molecule has 19 heavy (non-hydrogen) atoms. The maximum absolute atomic E-state index is 12.0. The van der Waals surface area contributed by atoms with Crippen LogP contribution in [0, 0.1) is 5.92 Å². The summed E-state index contributed by atoms with van der Waals surface area (Å²) in [5.74, 6) is 0.373. The maximum Gasteiger partial charge on any atom is 0.273 e. The van der Waals surface area contributed by atoms with E-state index in [9.17, 15) is 4.79 Å². The van der Waals surface area contributed by atoms with Crippen LogP contribution in [0.1, 0.15) is 30.8 Å². The number of hydrogen-bond acceptors (Lipinski definition) is 4. The van der Waals surface area contributed by atoms with Crippen molar-refractivity contribution in [3.8, 4) is 0 Å². The third kappa shape index (κ3) is 3.26. The molecule has 106 valence electrons. The molecule has 1 aliphatic heterocycles. The average molecular weight is 265 g/mol. The van der Waals surface area contributed by atoms with E-state index >= 15 is 0 Å². The van der Waals surface area contributed by atoms with Crippen molar-refractivity contribution >= 4 is 11.6 Å². The summed E-state index contributed by atoms with van der Waals surface area (Å²) < 4.78 is 1.68. The van der Waals surface area contributed by atoms with Gasteiger partial charge in [0.05, 0.1) is 5.69 Å². The van der Waals surface area contributed by atoms with E-state index in [2.05, 4.69) is 22.2 Å². The molecular weight excluding hydrogens is 242 g/mol. The van der Waals surface area contributed by atoms with E-state index < -0.39 is 0 Å². The number of likely N-dealkylation sites (tertiary alicyclic amines) is 1. The monoisotopic (exact) mass is 265 g/mol. The summed E-state index contributed by atoms with van der Waals surface area (Å²) in [5, 5.41) is 7.12. The van der Waals surface area contributed by atoms with Crippen molar-refractivity contribution in [1.82, 2.24) is 20.0 Å². The van der Waals surface area contributed by atoms with E-state index in [0.717, 1.165) is 26.1 Å². The van der Waals surface area contributed by atoms with Gasteiger partial charge in [-0.25, -0.2) is 0 Å². The zero-order valence-corrected chi connectivity index (χ0v) is 11.7. The summed E-state index contributed by atoms with van der Waals surface area (Å²) >= 11 is 0. The number of hydrogen-bond donors (Lipinski definition) is 2. The predicted octanol–water partition coefficient (Wildman–Crippen LogP) is 0.557. The summed E-state index contributed by atoms with van der Waals surface area (Å²) in [5.41, 5.74) is 6.58. The van der Waals surface area contributed by atoms with Gasteiger partial charge in [-0.15, -0.1) is 0 Å². The van der Waals surface area contributed by atoms with Crippen molar-refractivity contribution in [3.05, 3.63) is 11.9 Å². The van der Waals surface area contributed by atoms with Crippen LogP contribution in [-0.4, -0.2) is 46.8 Å². The molecule has 1 saturated heterocycles. The Bertz CT molecular complexity index is 442. The van der Waals surface area contributed by atoms with Crippen LogP contribution >= 0.6 is 0 Å². The highest BCUT2D eigenvalue weighted by Crippen LogP contribution is 2.15. The number of carbonyl (C=O) groups is 1. The van der Waals surface area contributed by atoms with Gasteiger partial charge in [0, 0.05) is 25.8 Å². The second-order valence-electron chi connectivity index (χ2n) is 5.05. The van der Waals surface area contributed by atoms with Gasteiger partial charge in [-0.2, -0.15) is 5.10 Å². The Balaban J connectivity index is 1.86. The molecule has 6 heteroatoms. The maximum atomic E-state index is 12.0. The van der Waals surface area contributed by atoms with Gasteiger partial charge in [0.1, 0.15) is 0 Å². The molecule has 0 aromatic carbocycles. The Labute approximate surface area is 113 Å². The molecule has 0 bridgehead atoms. The van der Waals surface area contributed by atoms with E-state index in [1.54, 1.807) is 10.9 Å². The molecule has 1 aromatic heterocycles. The first-order valence-corrected chi connectivity index (χ1v) is 6.97. The van der Waals surface area contributed by atoms with E-state index in [4.69, 9.17) is 5.73 Å². The highest BCUT2D eigenvalue weighted by molar-refractivity contribution is 5.96. The Hall–Kier alpha value is -1.56. The van der Waals surface area contributed by atoms with Gasteiger partial charge in [0.2, 0.25) is 0 Å². The minimum absolute atomic E-state index is 0.167. The van der Waals surface area contributed by atoms with Crippen LogP contribution in [0.25, 0.3) is 0 Å². The molecule has 1 aromatic rings. The lowest BCUT2D eigenvalue weighted by atomic mass is 10.1. The number of aryl methyl sites for hydroxylation is 1. The summed E-state index contributed by atoms with van der Waals surface area (Å²) in [4.78, 5) is 14.4. The van der Waals surface area contributed by atoms with Gasteiger partial charge in [0.15, 0.2) is 5.69 Å². The number of rotatable bonds is 5. The van der Waals surface area contributed by atoms with Crippen LogP contribution in [-0.2, 0) is 6.54 Å². The van der Waals surface area contributed by atoms with Crippen LogP contribution in [0.15, 0.2) is 6.20 Å². The first-order chi connectivity index (χ1) is 9.13. The predicted molar refractivity (Wildman–Crippen MR) is 74.9 cm³/mol. The first-order valence-electron chi connectivity index (χ1n) is 6.97. The summed E-state index contributed by atoms with van der Waals surface area (Å²) in [6.07, 6.45) is 2.84. The summed E-state index contributed by atoms with van der Waals surface area (Å²) in [6, 6.07) is 0. The van der Waals surface area contributed by atoms with Crippen LogP contribution in [0.4, 0.5) is 5.69 Å². The zero-order chi connectivity index (χ0) is 13.8. The number of anilines is 1. The van der Waals surface area contributed by atoms with Crippen molar-refractivity contribution in [2.24, 2.45) is 5.92 Å². The molecule has 1 fully saturated rings. The van der Waals surface area contributed by atoms with Crippen molar-refractivity contribution in [2.75, 3.05) is 31.9 Å². The fraction of sp³-hybridized carbons (Fsp3) is 0.692. The van der Waals surface area contributed by atoms with E-state index in [0.29, 0.717) is 30.4 Å². The molecule has 2 heterocycles. The van der Waals surface area contributed by atoms with Crippen molar-refractivity contribution < 1.29 is 4.79 Å². The second-order valence-corrected chi connectivity index (χ2v) is 5.05. The minimum Gasteiger partial charge on any atom is -0.396 e. The van der Waals surface area contributed by atoms with Crippen molar-refractivity contribution in [2.45, 2.75) is 26.8 Å². The molecule has 1 aliphatic rings. The molecular formula is C13H23N5O. The molecule has 0 spiro atoms. The van der Waals surface area contributed by atoms with Gasteiger partial charge < -0.3 is 16.0 Å². The SMILES string of the molecule is CCN1CCC(CNC(=O)c2nn(CC)cc2N)C1. The number of aromatic nitrogens is 2. The second kappa shape index (κ2) is 6.06. The Morgan fingerprint density at radius 2 is 2.32 bits per heavy atom. The van der Waals surface area contributed by atoms with Gasteiger partial charge in [-0.1, -0.05) is 6.92 Å². The quantitative estimate of drug-likeness (QED) is 0.815. The smallest absolute Gasteiger partial charge is 0.273 e.